The van der Waals surface area contributed by atoms with Gasteiger partial charge in [-0.2, -0.15) is 0 Å². The average molecular weight is 355 g/mol. The van der Waals surface area contributed by atoms with Gasteiger partial charge in [-0.25, -0.2) is 4.98 Å². The second-order valence-electron chi connectivity index (χ2n) is 5.20. The third-order valence-electron chi connectivity index (χ3n) is 3.33. The third-order valence-corrected chi connectivity index (χ3v) is 4.82. The summed E-state index contributed by atoms with van der Waals surface area (Å²) in [6.45, 7) is 1.45. The van der Waals surface area contributed by atoms with Crippen LogP contribution in [-0.4, -0.2) is 16.4 Å². The summed E-state index contributed by atoms with van der Waals surface area (Å²) in [5.41, 5.74) is 1.86. The lowest BCUT2D eigenvalue weighted by atomic mass is 10.2. The first kappa shape index (κ1) is 15.5. The lowest BCUT2D eigenvalue weighted by Gasteiger charge is -2.14. The van der Waals surface area contributed by atoms with E-state index in [1.807, 2.05) is 17.5 Å². The van der Waals surface area contributed by atoms with Crippen LogP contribution < -0.4 is 10.5 Å². The zero-order valence-corrected chi connectivity index (χ0v) is 14.2. The van der Waals surface area contributed by atoms with E-state index in [-0.39, 0.29) is 5.56 Å². The first-order chi connectivity index (χ1) is 10.5. The highest BCUT2D eigenvalue weighted by Crippen LogP contribution is 2.22. The van der Waals surface area contributed by atoms with Crippen molar-refractivity contribution in [2.24, 2.45) is 0 Å². The Morgan fingerprint density at radius 2 is 2.05 bits per heavy atom. The SMILES string of the molecule is C[NH+](Cc1ccc(Cl)c(Cl)c1)Cc1cc(=O)n2ccsc2n1. The van der Waals surface area contributed by atoms with Crippen LogP contribution in [0.4, 0.5) is 0 Å². The minimum atomic E-state index is -0.0383. The van der Waals surface area contributed by atoms with Gasteiger partial charge in [0.2, 0.25) is 0 Å². The maximum Gasteiger partial charge on any atom is 0.258 e. The zero-order valence-electron chi connectivity index (χ0n) is 11.8. The van der Waals surface area contributed by atoms with E-state index in [0.717, 1.165) is 22.8 Å². The molecule has 3 aromatic rings. The van der Waals surface area contributed by atoms with E-state index in [1.54, 1.807) is 22.7 Å². The molecule has 7 heteroatoms. The van der Waals surface area contributed by atoms with Gasteiger partial charge in [0.1, 0.15) is 18.8 Å². The summed E-state index contributed by atoms with van der Waals surface area (Å²) in [6, 6.07) is 7.23. The van der Waals surface area contributed by atoms with E-state index >= 15 is 0 Å². The molecule has 2 heterocycles. The van der Waals surface area contributed by atoms with Crippen LogP contribution in [0.5, 0.6) is 0 Å². The van der Waals surface area contributed by atoms with Gasteiger partial charge in [0.25, 0.3) is 5.56 Å². The molecule has 4 nitrogen and oxygen atoms in total. The molecule has 1 unspecified atom stereocenters. The molecule has 0 saturated carbocycles. The molecule has 2 aromatic heterocycles. The predicted octanol–water partition coefficient (Wildman–Crippen LogP) is 2.28. The molecule has 0 bridgehead atoms. The van der Waals surface area contributed by atoms with Crippen molar-refractivity contribution < 1.29 is 4.90 Å². The number of hydrogen-bond acceptors (Lipinski definition) is 3. The van der Waals surface area contributed by atoms with Gasteiger partial charge in [-0.15, -0.1) is 11.3 Å². The molecule has 0 fully saturated rings. The lowest BCUT2D eigenvalue weighted by Crippen LogP contribution is -3.06. The molecule has 0 aliphatic rings. The Labute approximate surface area is 141 Å². The molecule has 0 radical (unpaired) electrons. The van der Waals surface area contributed by atoms with Crippen molar-refractivity contribution in [3.8, 4) is 0 Å². The summed E-state index contributed by atoms with van der Waals surface area (Å²) >= 11 is 13.4. The fourth-order valence-electron chi connectivity index (χ4n) is 2.35. The standard InChI is InChI=1S/C15H13Cl2N3OS/c1-19(8-10-2-3-12(16)13(17)6-10)9-11-7-14(21)20-4-5-22-15(20)18-11/h2-7H,8-9H2,1H3/p+1. The van der Waals surface area contributed by atoms with E-state index < -0.39 is 0 Å². The molecule has 1 aromatic carbocycles. The van der Waals surface area contributed by atoms with Crippen molar-refractivity contribution in [3.63, 3.8) is 0 Å². The van der Waals surface area contributed by atoms with Crippen molar-refractivity contribution in [2.45, 2.75) is 13.1 Å². The Morgan fingerprint density at radius 3 is 2.82 bits per heavy atom. The van der Waals surface area contributed by atoms with Crippen LogP contribution in [0.2, 0.25) is 10.0 Å². The van der Waals surface area contributed by atoms with Crippen LogP contribution in [0.25, 0.3) is 4.96 Å². The van der Waals surface area contributed by atoms with Gasteiger partial charge in [-0.05, 0) is 12.1 Å². The van der Waals surface area contributed by atoms with Gasteiger partial charge < -0.3 is 4.90 Å². The Balaban J connectivity index is 1.76. The minimum absolute atomic E-state index is 0.0383. The van der Waals surface area contributed by atoms with Gasteiger partial charge in [0.05, 0.1) is 17.1 Å². The van der Waals surface area contributed by atoms with Crippen molar-refractivity contribution in [3.05, 3.63) is 67.5 Å². The summed E-state index contributed by atoms with van der Waals surface area (Å²) in [5, 5.41) is 2.98. The molecule has 3 rings (SSSR count). The summed E-state index contributed by atoms with van der Waals surface area (Å²) in [5.74, 6) is 0. The zero-order chi connectivity index (χ0) is 15.7. The summed E-state index contributed by atoms with van der Waals surface area (Å²) in [4.78, 5) is 18.4. The molecule has 22 heavy (non-hydrogen) atoms. The van der Waals surface area contributed by atoms with Crippen molar-refractivity contribution in [1.82, 2.24) is 9.38 Å². The topological polar surface area (TPSA) is 38.8 Å². The Kier molecular flexibility index (Phi) is 4.49. The van der Waals surface area contributed by atoms with Crippen LogP contribution >= 0.6 is 34.5 Å². The molecular weight excluding hydrogens is 341 g/mol. The van der Waals surface area contributed by atoms with Crippen LogP contribution in [-0.2, 0) is 13.1 Å². The van der Waals surface area contributed by atoms with E-state index in [9.17, 15) is 4.79 Å². The molecule has 0 spiro atoms. The van der Waals surface area contributed by atoms with E-state index in [0.29, 0.717) is 16.6 Å². The Morgan fingerprint density at radius 1 is 1.23 bits per heavy atom. The monoisotopic (exact) mass is 354 g/mol. The quantitative estimate of drug-likeness (QED) is 0.780. The summed E-state index contributed by atoms with van der Waals surface area (Å²) in [6.07, 6.45) is 1.74. The molecule has 0 aliphatic carbocycles. The van der Waals surface area contributed by atoms with Crippen LogP contribution in [0.3, 0.4) is 0 Å². The largest absolute Gasteiger partial charge is 0.329 e. The average Bonchev–Trinajstić information content (AvgIpc) is 2.91. The highest BCUT2D eigenvalue weighted by Gasteiger charge is 2.10. The van der Waals surface area contributed by atoms with Crippen molar-refractivity contribution in [2.75, 3.05) is 7.05 Å². The normalized spacial score (nSPS) is 12.7. The van der Waals surface area contributed by atoms with E-state index in [2.05, 4.69) is 12.0 Å². The Hall–Kier alpha value is -1.40. The number of nitrogens with zero attached hydrogens (tertiary/aromatic N) is 2. The molecule has 1 N–H and O–H groups in total. The number of benzene rings is 1. The highest BCUT2D eigenvalue weighted by atomic mass is 35.5. The number of hydrogen-bond donors (Lipinski definition) is 1. The second kappa shape index (κ2) is 6.38. The summed E-state index contributed by atoms with van der Waals surface area (Å²) in [7, 11) is 2.06. The van der Waals surface area contributed by atoms with Crippen LogP contribution in [0.1, 0.15) is 11.3 Å². The summed E-state index contributed by atoms with van der Waals surface area (Å²) < 4.78 is 1.56. The number of rotatable bonds is 4. The number of aromatic nitrogens is 2. The van der Waals surface area contributed by atoms with E-state index in [1.165, 1.54) is 16.2 Å². The van der Waals surface area contributed by atoms with Crippen LogP contribution in [0, 0.1) is 0 Å². The van der Waals surface area contributed by atoms with Crippen molar-refractivity contribution >= 4 is 39.5 Å². The highest BCUT2D eigenvalue weighted by molar-refractivity contribution is 7.15. The number of fused-ring (bicyclic) bond motifs is 1. The predicted molar refractivity (Wildman–Crippen MR) is 90.1 cm³/mol. The fraction of sp³-hybridized carbons (Fsp3) is 0.200. The van der Waals surface area contributed by atoms with Crippen molar-refractivity contribution in [1.29, 1.82) is 0 Å². The fourth-order valence-corrected chi connectivity index (χ4v) is 3.41. The lowest BCUT2D eigenvalue weighted by molar-refractivity contribution is -0.908. The molecular formula is C15H14Cl2N3OS+. The number of quaternary nitrogens is 1. The molecule has 0 aliphatic heterocycles. The van der Waals surface area contributed by atoms with Gasteiger partial charge in [-0.3, -0.25) is 9.20 Å². The number of nitrogens with one attached hydrogen (secondary N) is 1. The minimum Gasteiger partial charge on any atom is -0.329 e. The number of halogens is 2. The Bertz CT molecular complexity index is 875. The second-order valence-corrected chi connectivity index (χ2v) is 6.89. The van der Waals surface area contributed by atoms with Gasteiger partial charge >= 0.3 is 0 Å². The van der Waals surface area contributed by atoms with Crippen LogP contribution in [0.15, 0.2) is 40.6 Å². The smallest absolute Gasteiger partial charge is 0.258 e. The molecule has 0 saturated heterocycles. The molecule has 1 atom stereocenters. The molecule has 0 amide bonds. The molecule has 114 valence electrons. The maximum atomic E-state index is 12.0. The first-order valence-corrected chi connectivity index (χ1v) is 8.37. The third kappa shape index (κ3) is 3.33. The first-order valence-electron chi connectivity index (χ1n) is 6.74. The van der Waals surface area contributed by atoms with E-state index in [4.69, 9.17) is 23.2 Å². The number of thiazole rings is 1. The maximum absolute atomic E-state index is 12.0. The van der Waals surface area contributed by atoms with Gasteiger partial charge in [0, 0.05) is 23.2 Å². The van der Waals surface area contributed by atoms with Gasteiger partial charge in [-0.1, -0.05) is 29.3 Å². The van der Waals surface area contributed by atoms with Gasteiger partial charge in [0.15, 0.2) is 4.96 Å².